The summed E-state index contributed by atoms with van der Waals surface area (Å²) in [6.07, 6.45) is 5.23. The number of rotatable bonds is 2. The molecule has 1 aromatic heterocycles. The third-order valence-electron chi connectivity index (χ3n) is 4.29. The maximum absolute atomic E-state index is 12.2. The molecule has 1 unspecified atom stereocenters. The summed E-state index contributed by atoms with van der Waals surface area (Å²) in [5.41, 5.74) is 0. The molecule has 1 amide bonds. The van der Waals surface area contributed by atoms with Gasteiger partial charge in [-0.25, -0.2) is 0 Å². The Bertz CT molecular complexity index is 396. The zero-order chi connectivity index (χ0) is 12.4. The molecule has 0 saturated carbocycles. The molecular weight excluding hydrogens is 228 g/mol. The highest BCUT2D eigenvalue weighted by Gasteiger charge is 2.33. The van der Waals surface area contributed by atoms with E-state index in [0.29, 0.717) is 11.7 Å². The monoisotopic (exact) mass is 248 g/mol. The number of nitrogens with one attached hydrogen (secondary N) is 1. The van der Waals surface area contributed by atoms with Gasteiger partial charge in [0.05, 0.1) is 6.26 Å². The van der Waals surface area contributed by atoms with Crippen LogP contribution in [-0.2, 0) is 0 Å². The van der Waals surface area contributed by atoms with Crippen LogP contribution in [0.4, 0.5) is 0 Å². The number of nitrogens with zero attached hydrogens (tertiary/aromatic N) is 1. The molecular formula is C14H20N2O2. The van der Waals surface area contributed by atoms with Gasteiger partial charge in [-0.1, -0.05) is 0 Å². The zero-order valence-electron chi connectivity index (χ0n) is 10.6. The maximum atomic E-state index is 12.2. The van der Waals surface area contributed by atoms with E-state index in [4.69, 9.17) is 4.42 Å². The average molecular weight is 248 g/mol. The second kappa shape index (κ2) is 5.14. The van der Waals surface area contributed by atoms with Gasteiger partial charge in [0, 0.05) is 13.1 Å². The first-order chi connectivity index (χ1) is 8.84. The lowest BCUT2D eigenvalue weighted by Gasteiger charge is -2.27. The standard InChI is InChI=1S/C14H20N2O2/c17-14(13-2-1-9-18-13)16-8-5-12(10-16)11-3-6-15-7-4-11/h1-2,9,11-12,15H,3-8,10H2. The molecule has 3 heterocycles. The van der Waals surface area contributed by atoms with Crippen molar-refractivity contribution in [3.63, 3.8) is 0 Å². The van der Waals surface area contributed by atoms with E-state index in [1.807, 2.05) is 4.90 Å². The van der Waals surface area contributed by atoms with E-state index in [1.165, 1.54) is 12.8 Å². The van der Waals surface area contributed by atoms with Crippen molar-refractivity contribution >= 4 is 5.91 Å². The summed E-state index contributed by atoms with van der Waals surface area (Å²) in [4.78, 5) is 14.1. The van der Waals surface area contributed by atoms with Gasteiger partial charge in [0.1, 0.15) is 0 Å². The summed E-state index contributed by atoms with van der Waals surface area (Å²) in [5.74, 6) is 2.00. The molecule has 1 atom stereocenters. The van der Waals surface area contributed by atoms with Gasteiger partial charge in [-0.15, -0.1) is 0 Å². The van der Waals surface area contributed by atoms with Gasteiger partial charge in [0.15, 0.2) is 5.76 Å². The number of carbonyl (C=O) groups excluding carboxylic acids is 1. The van der Waals surface area contributed by atoms with Crippen LogP contribution < -0.4 is 5.32 Å². The number of carbonyl (C=O) groups is 1. The Morgan fingerprint density at radius 1 is 1.28 bits per heavy atom. The molecule has 4 nitrogen and oxygen atoms in total. The smallest absolute Gasteiger partial charge is 0.289 e. The van der Waals surface area contributed by atoms with Gasteiger partial charge in [-0.2, -0.15) is 0 Å². The first kappa shape index (κ1) is 11.8. The second-order valence-electron chi connectivity index (χ2n) is 5.36. The number of piperidine rings is 1. The zero-order valence-corrected chi connectivity index (χ0v) is 10.6. The Labute approximate surface area is 107 Å². The molecule has 0 aliphatic carbocycles. The predicted molar refractivity (Wildman–Crippen MR) is 68.3 cm³/mol. The lowest BCUT2D eigenvalue weighted by molar-refractivity contribution is 0.0748. The van der Waals surface area contributed by atoms with Crippen molar-refractivity contribution in [2.24, 2.45) is 11.8 Å². The van der Waals surface area contributed by atoms with Gasteiger partial charge in [0.2, 0.25) is 0 Å². The Kier molecular flexibility index (Phi) is 3.37. The van der Waals surface area contributed by atoms with Crippen molar-refractivity contribution in [2.75, 3.05) is 26.2 Å². The van der Waals surface area contributed by atoms with E-state index in [-0.39, 0.29) is 5.91 Å². The van der Waals surface area contributed by atoms with Crippen LogP contribution in [0.3, 0.4) is 0 Å². The Morgan fingerprint density at radius 2 is 2.11 bits per heavy atom. The number of amides is 1. The Balaban J connectivity index is 1.59. The molecule has 18 heavy (non-hydrogen) atoms. The van der Waals surface area contributed by atoms with Gasteiger partial charge in [0.25, 0.3) is 5.91 Å². The highest BCUT2D eigenvalue weighted by molar-refractivity contribution is 5.91. The number of furan rings is 1. The molecule has 1 N–H and O–H groups in total. The third-order valence-corrected chi connectivity index (χ3v) is 4.29. The quantitative estimate of drug-likeness (QED) is 0.867. The molecule has 2 aliphatic rings. The molecule has 0 aromatic carbocycles. The van der Waals surface area contributed by atoms with Crippen LogP contribution >= 0.6 is 0 Å². The fourth-order valence-corrected chi connectivity index (χ4v) is 3.23. The predicted octanol–water partition coefficient (Wildman–Crippen LogP) is 1.74. The van der Waals surface area contributed by atoms with E-state index in [1.54, 1.807) is 18.4 Å². The van der Waals surface area contributed by atoms with Crippen molar-refractivity contribution in [3.05, 3.63) is 24.2 Å². The number of likely N-dealkylation sites (tertiary alicyclic amines) is 1. The van der Waals surface area contributed by atoms with Gasteiger partial charge in [-0.3, -0.25) is 4.79 Å². The summed E-state index contributed by atoms with van der Waals surface area (Å²) in [7, 11) is 0. The molecule has 2 aliphatic heterocycles. The average Bonchev–Trinajstić information content (AvgIpc) is 3.10. The van der Waals surface area contributed by atoms with E-state index >= 15 is 0 Å². The minimum absolute atomic E-state index is 0.0523. The highest BCUT2D eigenvalue weighted by atomic mass is 16.3. The first-order valence-electron chi connectivity index (χ1n) is 6.88. The minimum Gasteiger partial charge on any atom is -0.459 e. The summed E-state index contributed by atoms with van der Waals surface area (Å²) >= 11 is 0. The molecule has 0 radical (unpaired) electrons. The second-order valence-corrected chi connectivity index (χ2v) is 5.36. The molecule has 2 fully saturated rings. The van der Waals surface area contributed by atoms with Gasteiger partial charge in [-0.05, 0) is 56.3 Å². The molecule has 98 valence electrons. The fourth-order valence-electron chi connectivity index (χ4n) is 3.23. The normalized spacial score (nSPS) is 25.6. The van der Waals surface area contributed by atoms with Crippen molar-refractivity contribution in [1.82, 2.24) is 10.2 Å². The molecule has 4 heteroatoms. The van der Waals surface area contributed by atoms with Crippen molar-refractivity contribution in [2.45, 2.75) is 19.3 Å². The minimum atomic E-state index is 0.0523. The van der Waals surface area contributed by atoms with Crippen LogP contribution in [0, 0.1) is 11.8 Å². The fraction of sp³-hybridized carbons (Fsp3) is 0.643. The molecule has 3 rings (SSSR count). The Hall–Kier alpha value is -1.29. The topological polar surface area (TPSA) is 45.5 Å². The third kappa shape index (κ3) is 2.29. The molecule has 1 aromatic rings. The van der Waals surface area contributed by atoms with Crippen LogP contribution in [0.5, 0.6) is 0 Å². The van der Waals surface area contributed by atoms with Crippen molar-refractivity contribution in [3.8, 4) is 0 Å². The Morgan fingerprint density at radius 3 is 2.83 bits per heavy atom. The molecule has 2 saturated heterocycles. The first-order valence-corrected chi connectivity index (χ1v) is 6.88. The van der Waals surface area contributed by atoms with Crippen LogP contribution in [-0.4, -0.2) is 37.0 Å². The van der Waals surface area contributed by atoms with Crippen LogP contribution in [0.2, 0.25) is 0 Å². The SMILES string of the molecule is O=C(c1ccco1)N1CCC(C2CCNCC2)C1. The molecule has 0 spiro atoms. The van der Waals surface area contributed by atoms with Gasteiger partial charge < -0.3 is 14.6 Å². The largest absolute Gasteiger partial charge is 0.459 e. The van der Waals surface area contributed by atoms with Crippen molar-refractivity contribution in [1.29, 1.82) is 0 Å². The van der Waals surface area contributed by atoms with E-state index < -0.39 is 0 Å². The maximum Gasteiger partial charge on any atom is 0.289 e. The number of hydrogen-bond donors (Lipinski definition) is 1. The summed E-state index contributed by atoms with van der Waals surface area (Å²) in [6, 6.07) is 3.52. The van der Waals surface area contributed by atoms with Crippen LogP contribution in [0.25, 0.3) is 0 Å². The summed E-state index contributed by atoms with van der Waals surface area (Å²) < 4.78 is 5.19. The van der Waals surface area contributed by atoms with E-state index in [9.17, 15) is 4.79 Å². The van der Waals surface area contributed by atoms with Crippen LogP contribution in [0.1, 0.15) is 29.8 Å². The highest BCUT2D eigenvalue weighted by Crippen LogP contribution is 2.30. The van der Waals surface area contributed by atoms with Crippen LogP contribution in [0.15, 0.2) is 22.8 Å². The summed E-state index contributed by atoms with van der Waals surface area (Å²) in [6.45, 7) is 4.05. The summed E-state index contributed by atoms with van der Waals surface area (Å²) in [5, 5.41) is 3.40. The van der Waals surface area contributed by atoms with E-state index in [2.05, 4.69) is 5.32 Å². The van der Waals surface area contributed by atoms with E-state index in [0.717, 1.165) is 38.5 Å². The number of hydrogen-bond acceptors (Lipinski definition) is 3. The lowest BCUT2D eigenvalue weighted by atomic mass is 9.84. The van der Waals surface area contributed by atoms with Crippen molar-refractivity contribution < 1.29 is 9.21 Å². The molecule has 0 bridgehead atoms. The lowest BCUT2D eigenvalue weighted by Crippen LogP contribution is -2.34. The van der Waals surface area contributed by atoms with Gasteiger partial charge >= 0.3 is 0 Å².